The minimum Gasteiger partial charge on any atom is -0.481 e. The number of fused-ring (bicyclic) bond motifs is 2. The molecule has 6 heteroatoms. The average Bonchev–Trinajstić information content (AvgIpc) is 3.32. The Morgan fingerprint density at radius 2 is 1.72 bits per heavy atom. The number of carbonyl (C=O) groups is 3. The van der Waals surface area contributed by atoms with Gasteiger partial charge in [0.05, 0.1) is 11.8 Å². The number of amides is 1. The second-order valence-corrected chi connectivity index (χ2v) is 9.02. The number of carboxylic acid groups (broad SMARTS) is 1. The van der Waals surface area contributed by atoms with Gasteiger partial charge in [0, 0.05) is 23.0 Å². The SMILES string of the molecule is O=C(Cc1ccc(NC(=O)C2C3C=CC(C3)C2C(=O)O)cc1Cl)C1CCCCC1. The third-order valence-corrected chi connectivity index (χ3v) is 7.14. The van der Waals surface area contributed by atoms with Gasteiger partial charge in [0.2, 0.25) is 5.91 Å². The van der Waals surface area contributed by atoms with E-state index < -0.39 is 17.8 Å². The molecule has 0 aliphatic heterocycles. The summed E-state index contributed by atoms with van der Waals surface area (Å²) in [4.78, 5) is 37.0. The van der Waals surface area contributed by atoms with Crippen LogP contribution in [0, 0.1) is 29.6 Å². The fraction of sp³-hybridized carbons (Fsp3) is 0.522. The van der Waals surface area contributed by atoms with Crippen LogP contribution in [0.25, 0.3) is 0 Å². The number of carbonyl (C=O) groups excluding carboxylic acids is 2. The van der Waals surface area contributed by atoms with Gasteiger partial charge < -0.3 is 10.4 Å². The second-order valence-electron chi connectivity index (χ2n) is 8.61. The van der Waals surface area contributed by atoms with Gasteiger partial charge in [0.25, 0.3) is 0 Å². The van der Waals surface area contributed by atoms with E-state index in [2.05, 4.69) is 5.32 Å². The quantitative estimate of drug-likeness (QED) is 0.670. The van der Waals surface area contributed by atoms with Crippen LogP contribution in [0.2, 0.25) is 5.02 Å². The lowest BCUT2D eigenvalue weighted by atomic mass is 9.82. The largest absolute Gasteiger partial charge is 0.481 e. The van der Waals surface area contributed by atoms with Crippen LogP contribution in [-0.4, -0.2) is 22.8 Å². The van der Waals surface area contributed by atoms with Gasteiger partial charge in [-0.3, -0.25) is 14.4 Å². The maximum Gasteiger partial charge on any atom is 0.307 e. The molecule has 0 radical (unpaired) electrons. The Morgan fingerprint density at radius 3 is 2.38 bits per heavy atom. The van der Waals surface area contributed by atoms with Crippen LogP contribution in [0.4, 0.5) is 5.69 Å². The molecule has 2 bridgehead atoms. The van der Waals surface area contributed by atoms with E-state index in [0.29, 0.717) is 17.1 Å². The maximum atomic E-state index is 12.8. The summed E-state index contributed by atoms with van der Waals surface area (Å²) < 4.78 is 0. The number of hydrogen-bond acceptors (Lipinski definition) is 3. The van der Waals surface area contributed by atoms with Gasteiger partial charge in [-0.1, -0.05) is 49.1 Å². The van der Waals surface area contributed by atoms with Crippen LogP contribution in [0.15, 0.2) is 30.4 Å². The van der Waals surface area contributed by atoms with Gasteiger partial charge in [0.1, 0.15) is 5.78 Å². The van der Waals surface area contributed by atoms with Crippen molar-refractivity contribution in [2.45, 2.75) is 44.9 Å². The van der Waals surface area contributed by atoms with Crippen molar-refractivity contribution in [2.24, 2.45) is 29.6 Å². The molecule has 4 unspecified atom stereocenters. The third-order valence-electron chi connectivity index (χ3n) is 6.79. The highest BCUT2D eigenvalue weighted by Crippen LogP contribution is 2.48. The minimum atomic E-state index is -0.920. The zero-order valence-electron chi connectivity index (χ0n) is 16.3. The Hall–Kier alpha value is -2.14. The molecule has 29 heavy (non-hydrogen) atoms. The Bertz CT molecular complexity index is 858. The van der Waals surface area contributed by atoms with Crippen molar-refractivity contribution in [3.8, 4) is 0 Å². The number of hydrogen-bond donors (Lipinski definition) is 2. The normalized spacial score (nSPS) is 28.4. The van der Waals surface area contributed by atoms with Gasteiger partial charge >= 0.3 is 5.97 Å². The van der Waals surface area contributed by atoms with E-state index in [4.69, 9.17) is 11.6 Å². The minimum absolute atomic E-state index is 0.0241. The van der Waals surface area contributed by atoms with Gasteiger partial charge in [-0.15, -0.1) is 0 Å². The monoisotopic (exact) mass is 415 g/mol. The fourth-order valence-corrected chi connectivity index (χ4v) is 5.51. The van der Waals surface area contributed by atoms with Crippen LogP contribution < -0.4 is 5.32 Å². The Kier molecular flexibility index (Phi) is 5.77. The summed E-state index contributed by atoms with van der Waals surface area (Å²) in [7, 11) is 0. The molecule has 0 spiro atoms. The molecule has 1 aromatic carbocycles. The van der Waals surface area contributed by atoms with E-state index in [1.807, 2.05) is 12.2 Å². The van der Waals surface area contributed by atoms with Gasteiger partial charge in [-0.25, -0.2) is 0 Å². The summed E-state index contributed by atoms with van der Waals surface area (Å²) in [6.45, 7) is 0. The second kappa shape index (κ2) is 8.31. The van der Waals surface area contributed by atoms with Crippen molar-refractivity contribution in [1.82, 2.24) is 0 Å². The van der Waals surface area contributed by atoms with Crippen LogP contribution in [0.3, 0.4) is 0 Å². The highest BCUT2D eigenvalue weighted by molar-refractivity contribution is 6.32. The first-order valence-electron chi connectivity index (χ1n) is 10.5. The third kappa shape index (κ3) is 4.11. The fourth-order valence-electron chi connectivity index (χ4n) is 5.27. The highest BCUT2D eigenvalue weighted by atomic mass is 35.5. The van der Waals surface area contributed by atoms with Gasteiger partial charge in [-0.2, -0.15) is 0 Å². The molecule has 1 aromatic rings. The van der Waals surface area contributed by atoms with Crippen molar-refractivity contribution < 1.29 is 19.5 Å². The van der Waals surface area contributed by atoms with E-state index in [0.717, 1.165) is 37.7 Å². The van der Waals surface area contributed by atoms with Gasteiger partial charge in [0.15, 0.2) is 0 Å². The molecule has 0 heterocycles. The zero-order valence-corrected chi connectivity index (χ0v) is 17.0. The molecule has 1 amide bonds. The van der Waals surface area contributed by atoms with Crippen molar-refractivity contribution in [2.75, 3.05) is 5.32 Å². The Morgan fingerprint density at radius 1 is 1.03 bits per heavy atom. The predicted molar refractivity (Wildman–Crippen MR) is 111 cm³/mol. The van der Waals surface area contributed by atoms with Crippen molar-refractivity contribution in [3.05, 3.63) is 40.9 Å². The maximum absolute atomic E-state index is 12.8. The summed E-state index contributed by atoms with van der Waals surface area (Å²) in [6.07, 6.45) is 10.3. The molecule has 3 aliphatic rings. The van der Waals surface area contributed by atoms with E-state index in [9.17, 15) is 19.5 Å². The Labute approximate surface area is 175 Å². The summed E-state index contributed by atoms with van der Waals surface area (Å²) in [5.74, 6) is -2.15. The summed E-state index contributed by atoms with van der Waals surface area (Å²) in [6, 6.07) is 5.18. The number of carboxylic acids is 1. The van der Waals surface area contributed by atoms with Crippen LogP contribution >= 0.6 is 11.6 Å². The molecular formula is C23H26ClNO4. The van der Waals surface area contributed by atoms with E-state index >= 15 is 0 Å². The lowest BCUT2D eigenvalue weighted by molar-refractivity contribution is -0.146. The molecule has 2 N–H and O–H groups in total. The first-order chi connectivity index (χ1) is 13.9. The number of anilines is 1. The van der Waals surface area contributed by atoms with Crippen LogP contribution in [0.1, 0.15) is 44.1 Å². The highest BCUT2D eigenvalue weighted by Gasteiger charge is 2.51. The van der Waals surface area contributed by atoms with Gasteiger partial charge in [-0.05, 0) is 48.8 Å². The summed E-state index contributed by atoms with van der Waals surface area (Å²) in [5, 5.41) is 12.8. The summed E-state index contributed by atoms with van der Waals surface area (Å²) >= 11 is 6.39. The van der Waals surface area contributed by atoms with Crippen molar-refractivity contribution >= 4 is 34.9 Å². The summed E-state index contributed by atoms with van der Waals surface area (Å²) in [5.41, 5.74) is 1.30. The number of halogens is 1. The molecule has 4 rings (SSSR count). The number of aliphatic carboxylic acids is 1. The number of benzene rings is 1. The van der Waals surface area contributed by atoms with Crippen molar-refractivity contribution in [3.63, 3.8) is 0 Å². The lowest BCUT2D eigenvalue weighted by Crippen LogP contribution is -2.36. The van der Waals surface area contributed by atoms with Crippen LogP contribution in [0.5, 0.6) is 0 Å². The number of allylic oxidation sites excluding steroid dienone is 2. The molecule has 154 valence electrons. The standard InChI is InChI=1S/C23H26ClNO4/c24-18-12-17(9-8-14(18)11-19(26)13-4-2-1-3-5-13)25-22(27)20-15-6-7-16(10-15)21(20)23(28)29/h6-9,12-13,15-16,20-21H,1-5,10-11H2,(H,25,27)(H,28,29). The van der Waals surface area contributed by atoms with Crippen LogP contribution in [-0.2, 0) is 20.8 Å². The number of ketones is 1. The first-order valence-corrected chi connectivity index (χ1v) is 10.8. The van der Waals surface area contributed by atoms with E-state index in [1.54, 1.807) is 18.2 Å². The number of nitrogens with one attached hydrogen (secondary N) is 1. The smallest absolute Gasteiger partial charge is 0.307 e. The van der Waals surface area contributed by atoms with E-state index in [1.165, 1.54) is 6.42 Å². The molecule has 5 nitrogen and oxygen atoms in total. The zero-order chi connectivity index (χ0) is 20.5. The van der Waals surface area contributed by atoms with Crippen molar-refractivity contribution in [1.29, 1.82) is 0 Å². The number of Topliss-reactive ketones (excluding diaryl/α,β-unsaturated/α-hetero) is 1. The molecule has 2 saturated carbocycles. The molecule has 4 atom stereocenters. The number of rotatable bonds is 6. The first kappa shape index (κ1) is 20.1. The average molecular weight is 416 g/mol. The Balaban J connectivity index is 1.41. The topological polar surface area (TPSA) is 83.5 Å². The molecule has 0 aromatic heterocycles. The molecule has 2 fully saturated rings. The van der Waals surface area contributed by atoms with E-state index in [-0.39, 0.29) is 29.4 Å². The molecular weight excluding hydrogens is 390 g/mol. The lowest BCUT2D eigenvalue weighted by Gasteiger charge is -2.24. The molecule has 3 aliphatic carbocycles. The predicted octanol–water partition coefficient (Wildman–Crippen LogP) is 4.49. The molecule has 0 saturated heterocycles.